The molecule has 1 aromatic heterocycles. The summed E-state index contributed by atoms with van der Waals surface area (Å²) in [6.07, 6.45) is 8.20. The minimum absolute atomic E-state index is 0.266. The maximum absolute atomic E-state index is 9.57. The zero-order chi connectivity index (χ0) is 18.4. The van der Waals surface area contributed by atoms with Crippen LogP contribution in [-0.4, -0.2) is 4.98 Å². The van der Waals surface area contributed by atoms with Crippen LogP contribution in [0.4, 0.5) is 0 Å². The summed E-state index contributed by atoms with van der Waals surface area (Å²) in [5.41, 5.74) is 3.28. The first-order valence-corrected chi connectivity index (χ1v) is 11.3. The van der Waals surface area contributed by atoms with Gasteiger partial charge in [-0.25, -0.2) is 4.98 Å². The lowest BCUT2D eigenvalue weighted by atomic mass is 9.49. The molecular formula is C23H23ClN2S. The van der Waals surface area contributed by atoms with Crippen LogP contribution in [0.5, 0.6) is 0 Å². The Hall–Kier alpha value is -1.50. The fourth-order valence-corrected chi connectivity index (χ4v) is 7.37. The van der Waals surface area contributed by atoms with Gasteiger partial charge in [-0.1, -0.05) is 29.8 Å². The summed E-state index contributed by atoms with van der Waals surface area (Å²) < 4.78 is 0. The van der Waals surface area contributed by atoms with Crippen LogP contribution < -0.4 is 0 Å². The SMILES string of the molecule is N#Cc1ccc(C23CC4CC(CC(C4)C2)C3)nc1SCc1ccccc1Cl. The molecule has 4 bridgehead atoms. The van der Waals surface area contributed by atoms with Crippen LogP contribution in [0.1, 0.15) is 55.3 Å². The highest BCUT2D eigenvalue weighted by molar-refractivity contribution is 7.98. The van der Waals surface area contributed by atoms with Gasteiger partial charge in [0.15, 0.2) is 0 Å². The summed E-state index contributed by atoms with van der Waals surface area (Å²) in [4.78, 5) is 5.08. The van der Waals surface area contributed by atoms with Gasteiger partial charge in [0.1, 0.15) is 11.1 Å². The Morgan fingerprint density at radius 2 is 1.70 bits per heavy atom. The van der Waals surface area contributed by atoms with Crippen LogP contribution in [0.15, 0.2) is 41.4 Å². The lowest BCUT2D eigenvalue weighted by Crippen LogP contribution is -2.49. The third kappa shape index (κ3) is 3.18. The van der Waals surface area contributed by atoms with Gasteiger partial charge < -0.3 is 0 Å². The van der Waals surface area contributed by atoms with Crippen molar-refractivity contribution in [3.63, 3.8) is 0 Å². The molecule has 6 rings (SSSR count). The number of aromatic nitrogens is 1. The zero-order valence-corrected chi connectivity index (χ0v) is 16.9. The maximum atomic E-state index is 9.57. The fraction of sp³-hybridized carbons (Fsp3) is 0.478. The molecule has 4 aliphatic carbocycles. The van der Waals surface area contributed by atoms with Crippen LogP contribution in [0.2, 0.25) is 5.02 Å². The maximum Gasteiger partial charge on any atom is 0.114 e. The molecule has 27 heavy (non-hydrogen) atoms. The molecule has 0 radical (unpaired) electrons. The molecule has 0 atom stereocenters. The Morgan fingerprint density at radius 1 is 1.04 bits per heavy atom. The number of thioether (sulfide) groups is 1. The van der Waals surface area contributed by atoms with Gasteiger partial charge in [-0.3, -0.25) is 0 Å². The van der Waals surface area contributed by atoms with E-state index in [2.05, 4.69) is 12.1 Å². The summed E-state index contributed by atoms with van der Waals surface area (Å²) in [7, 11) is 0. The highest BCUT2D eigenvalue weighted by Crippen LogP contribution is 2.60. The molecule has 0 saturated heterocycles. The molecule has 0 aliphatic heterocycles. The standard InChI is InChI=1S/C23H23ClN2S/c24-20-4-2-1-3-19(20)14-27-22-18(13-25)5-6-21(26-22)23-10-15-7-16(11-23)9-17(8-15)12-23/h1-6,15-17H,7-12,14H2. The first kappa shape index (κ1) is 17.6. The van der Waals surface area contributed by atoms with Crippen LogP contribution >= 0.6 is 23.4 Å². The molecule has 4 saturated carbocycles. The molecule has 0 N–H and O–H groups in total. The Bertz CT molecular complexity index is 882. The van der Waals surface area contributed by atoms with E-state index < -0.39 is 0 Å². The average molecular weight is 395 g/mol. The predicted octanol–water partition coefficient (Wildman–Crippen LogP) is 6.37. The lowest BCUT2D eigenvalue weighted by Gasteiger charge is -2.56. The molecule has 1 aromatic carbocycles. The second kappa shape index (κ2) is 6.83. The van der Waals surface area contributed by atoms with Gasteiger partial charge in [-0.05, 0) is 80.0 Å². The minimum Gasteiger partial charge on any atom is -0.245 e. The van der Waals surface area contributed by atoms with Crippen molar-refractivity contribution in [1.82, 2.24) is 4.98 Å². The number of halogens is 1. The molecule has 0 spiro atoms. The van der Waals surface area contributed by atoms with E-state index in [4.69, 9.17) is 16.6 Å². The van der Waals surface area contributed by atoms with E-state index in [1.54, 1.807) is 11.8 Å². The predicted molar refractivity (Wildman–Crippen MR) is 110 cm³/mol. The third-order valence-corrected chi connectivity index (χ3v) is 8.29. The smallest absolute Gasteiger partial charge is 0.114 e. The van der Waals surface area contributed by atoms with Gasteiger partial charge in [0.2, 0.25) is 0 Å². The Morgan fingerprint density at radius 3 is 2.33 bits per heavy atom. The van der Waals surface area contributed by atoms with Crippen LogP contribution in [0, 0.1) is 29.1 Å². The van der Waals surface area contributed by atoms with E-state index in [0.717, 1.165) is 39.1 Å². The number of benzene rings is 1. The lowest BCUT2D eigenvalue weighted by molar-refractivity contribution is -0.00744. The molecule has 138 valence electrons. The van der Waals surface area contributed by atoms with Gasteiger partial charge in [0.25, 0.3) is 0 Å². The van der Waals surface area contributed by atoms with Gasteiger partial charge >= 0.3 is 0 Å². The zero-order valence-electron chi connectivity index (χ0n) is 15.3. The van der Waals surface area contributed by atoms with Crippen molar-refractivity contribution in [1.29, 1.82) is 5.26 Å². The summed E-state index contributed by atoms with van der Waals surface area (Å²) >= 11 is 7.95. The normalized spacial score (nSPS) is 31.0. The monoisotopic (exact) mass is 394 g/mol. The highest BCUT2D eigenvalue weighted by atomic mass is 35.5. The third-order valence-electron chi connectivity index (χ3n) is 6.88. The summed E-state index contributed by atoms with van der Waals surface area (Å²) in [6.45, 7) is 0. The van der Waals surface area contributed by atoms with E-state index in [1.165, 1.54) is 44.2 Å². The fourth-order valence-electron chi connectivity index (χ4n) is 6.12. The van der Waals surface area contributed by atoms with Crippen LogP contribution in [-0.2, 0) is 11.2 Å². The van der Waals surface area contributed by atoms with Gasteiger partial charge in [-0.2, -0.15) is 5.26 Å². The number of nitrogens with zero attached hydrogens (tertiary/aromatic N) is 2. The van der Waals surface area contributed by atoms with Crippen LogP contribution in [0.25, 0.3) is 0 Å². The van der Waals surface area contributed by atoms with Crippen molar-refractivity contribution in [3.8, 4) is 6.07 Å². The second-order valence-corrected chi connectivity index (χ2v) is 10.1. The van der Waals surface area contributed by atoms with Crippen molar-refractivity contribution in [3.05, 3.63) is 58.2 Å². The largest absolute Gasteiger partial charge is 0.245 e. The first-order chi connectivity index (χ1) is 13.1. The summed E-state index contributed by atoms with van der Waals surface area (Å²) in [5, 5.41) is 11.2. The highest BCUT2D eigenvalue weighted by Gasteiger charge is 2.52. The van der Waals surface area contributed by atoms with Gasteiger partial charge in [0.05, 0.1) is 5.56 Å². The minimum atomic E-state index is 0.266. The Labute approximate surface area is 170 Å². The molecule has 2 aromatic rings. The number of hydrogen-bond donors (Lipinski definition) is 0. The van der Waals surface area contributed by atoms with Gasteiger partial charge in [-0.15, -0.1) is 11.8 Å². The molecule has 4 heteroatoms. The Balaban J connectivity index is 1.45. The van der Waals surface area contributed by atoms with E-state index >= 15 is 0 Å². The molecule has 2 nitrogen and oxygen atoms in total. The first-order valence-electron chi connectivity index (χ1n) is 9.93. The van der Waals surface area contributed by atoms with E-state index in [0.29, 0.717) is 5.56 Å². The Kier molecular flexibility index (Phi) is 4.45. The molecule has 0 amide bonds. The van der Waals surface area contributed by atoms with E-state index in [1.807, 2.05) is 30.3 Å². The molecule has 4 fully saturated rings. The second-order valence-electron chi connectivity index (χ2n) is 8.74. The van der Waals surface area contributed by atoms with Crippen molar-refractivity contribution in [2.45, 2.75) is 54.7 Å². The summed E-state index contributed by atoms with van der Waals surface area (Å²) in [6, 6.07) is 14.4. The number of nitriles is 1. The number of pyridine rings is 1. The average Bonchev–Trinajstić information content (AvgIpc) is 2.66. The summed E-state index contributed by atoms with van der Waals surface area (Å²) in [5.74, 6) is 3.43. The quantitative estimate of drug-likeness (QED) is 0.565. The van der Waals surface area contributed by atoms with E-state index in [-0.39, 0.29) is 5.41 Å². The van der Waals surface area contributed by atoms with Crippen molar-refractivity contribution in [2.24, 2.45) is 17.8 Å². The van der Waals surface area contributed by atoms with Crippen molar-refractivity contribution < 1.29 is 0 Å². The molecule has 1 heterocycles. The van der Waals surface area contributed by atoms with E-state index in [9.17, 15) is 5.26 Å². The topological polar surface area (TPSA) is 36.7 Å². The molecular weight excluding hydrogens is 372 g/mol. The number of hydrogen-bond acceptors (Lipinski definition) is 3. The van der Waals surface area contributed by atoms with Gasteiger partial charge in [0, 0.05) is 21.9 Å². The molecule has 4 aliphatic rings. The van der Waals surface area contributed by atoms with Crippen molar-refractivity contribution >= 4 is 23.4 Å². The van der Waals surface area contributed by atoms with Crippen LogP contribution in [0.3, 0.4) is 0 Å². The number of rotatable bonds is 4. The molecule has 0 unspecified atom stereocenters. The van der Waals surface area contributed by atoms with Crippen molar-refractivity contribution in [2.75, 3.05) is 0 Å².